The highest BCUT2D eigenvalue weighted by atomic mass is 32.1. The summed E-state index contributed by atoms with van der Waals surface area (Å²) in [4.78, 5) is 26.6. The lowest BCUT2D eigenvalue weighted by molar-refractivity contribution is -0.105. The molecule has 122 valence electrons. The standard InChI is InChI=1S/C16H14N4O3S/c1-10-3-5-11(6-4-10)12-7-14(17-9-21)20(19-12)16-18-13(8-24-16)15(22)23-2/h3-9H,1-2H3,(H,17,21). The molecule has 0 saturated heterocycles. The molecule has 0 spiro atoms. The normalized spacial score (nSPS) is 10.4. The van der Waals surface area contributed by atoms with Crippen LogP contribution in [-0.4, -0.2) is 34.3 Å². The molecule has 3 rings (SSSR count). The van der Waals surface area contributed by atoms with E-state index in [1.807, 2.05) is 31.2 Å². The van der Waals surface area contributed by atoms with Crippen LogP contribution in [0.5, 0.6) is 0 Å². The van der Waals surface area contributed by atoms with E-state index in [0.29, 0.717) is 23.1 Å². The van der Waals surface area contributed by atoms with Crippen molar-refractivity contribution >= 4 is 29.5 Å². The van der Waals surface area contributed by atoms with E-state index in [-0.39, 0.29) is 5.69 Å². The molecule has 0 aliphatic rings. The van der Waals surface area contributed by atoms with Crippen molar-refractivity contribution in [3.05, 3.63) is 47.0 Å². The van der Waals surface area contributed by atoms with Crippen molar-refractivity contribution in [1.82, 2.24) is 14.8 Å². The topological polar surface area (TPSA) is 86.1 Å². The summed E-state index contributed by atoms with van der Waals surface area (Å²) >= 11 is 1.23. The molecule has 0 fully saturated rings. The number of methoxy groups -OCH3 is 1. The maximum Gasteiger partial charge on any atom is 0.357 e. The summed E-state index contributed by atoms with van der Waals surface area (Å²) < 4.78 is 6.14. The minimum Gasteiger partial charge on any atom is -0.464 e. The molecule has 0 aliphatic carbocycles. The highest BCUT2D eigenvalue weighted by molar-refractivity contribution is 7.12. The third-order valence-electron chi connectivity index (χ3n) is 3.33. The van der Waals surface area contributed by atoms with Crippen LogP contribution >= 0.6 is 11.3 Å². The van der Waals surface area contributed by atoms with Crippen molar-refractivity contribution < 1.29 is 14.3 Å². The average molecular weight is 342 g/mol. The van der Waals surface area contributed by atoms with Crippen LogP contribution in [0.3, 0.4) is 0 Å². The number of aryl methyl sites for hydroxylation is 1. The predicted octanol–water partition coefficient (Wildman–Crippen LogP) is 2.66. The van der Waals surface area contributed by atoms with Gasteiger partial charge in [-0.25, -0.2) is 9.78 Å². The quantitative estimate of drug-likeness (QED) is 0.569. The Labute approximate surface area is 141 Å². The van der Waals surface area contributed by atoms with Crippen molar-refractivity contribution in [2.45, 2.75) is 6.92 Å². The smallest absolute Gasteiger partial charge is 0.357 e. The molecule has 0 radical (unpaired) electrons. The Morgan fingerprint density at radius 1 is 1.33 bits per heavy atom. The molecule has 1 amide bonds. The summed E-state index contributed by atoms with van der Waals surface area (Å²) in [6.45, 7) is 2.01. The van der Waals surface area contributed by atoms with Gasteiger partial charge in [-0.3, -0.25) is 4.79 Å². The molecule has 0 aliphatic heterocycles. The van der Waals surface area contributed by atoms with Crippen LogP contribution in [0.1, 0.15) is 16.1 Å². The lowest BCUT2D eigenvalue weighted by Gasteiger charge is -2.01. The molecule has 2 aromatic heterocycles. The van der Waals surface area contributed by atoms with Crippen LogP contribution in [0.15, 0.2) is 35.7 Å². The van der Waals surface area contributed by atoms with Gasteiger partial charge in [0.15, 0.2) is 5.69 Å². The monoisotopic (exact) mass is 342 g/mol. The van der Waals surface area contributed by atoms with Crippen LogP contribution in [0.25, 0.3) is 16.4 Å². The fraction of sp³-hybridized carbons (Fsp3) is 0.125. The number of nitrogens with zero attached hydrogens (tertiary/aromatic N) is 3. The van der Waals surface area contributed by atoms with Gasteiger partial charge in [0.25, 0.3) is 0 Å². The number of anilines is 1. The SMILES string of the molecule is COC(=O)c1csc(-n2nc(-c3ccc(C)cc3)cc2NC=O)n1. The van der Waals surface area contributed by atoms with Gasteiger partial charge in [0.05, 0.1) is 12.8 Å². The predicted molar refractivity (Wildman–Crippen MR) is 90.4 cm³/mol. The van der Waals surface area contributed by atoms with E-state index in [4.69, 9.17) is 0 Å². The van der Waals surface area contributed by atoms with Gasteiger partial charge in [0.1, 0.15) is 5.82 Å². The zero-order chi connectivity index (χ0) is 17.1. The highest BCUT2D eigenvalue weighted by Gasteiger charge is 2.16. The van der Waals surface area contributed by atoms with Crippen LogP contribution in [0, 0.1) is 6.92 Å². The first-order chi connectivity index (χ1) is 11.6. The molecule has 1 N–H and O–H groups in total. The van der Waals surface area contributed by atoms with Crippen LogP contribution in [-0.2, 0) is 9.53 Å². The van der Waals surface area contributed by atoms with Crippen molar-refractivity contribution in [3.8, 4) is 16.4 Å². The lowest BCUT2D eigenvalue weighted by atomic mass is 10.1. The maximum absolute atomic E-state index is 11.5. The van der Waals surface area contributed by atoms with E-state index in [9.17, 15) is 9.59 Å². The molecule has 0 atom stereocenters. The Balaban J connectivity index is 2.03. The van der Waals surface area contributed by atoms with Crippen molar-refractivity contribution in [1.29, 1.82) is 0 Å². The highest BCUT2D eigenvalue weighted by Crippen LogP contribution is 2.26. The largest absolute Gasteiger partial charge is 0.464 e. The Bertz CT molecular complexity index is 883. The fourth-order valence-electron chi connectivity index (χ4n) is 2.12. The molecule has 0 saturated carbocycles. The maximum atomic E-state index is 11.5. The molecule has 3 aromatic rings. The summed E-state index contributed by atoms with van der Waals surface area (Å²) in [5.41, 5.74) is 2.95. The minimum absolute atomic E-state index is 0.196. The number of aromatic nitrogens is 3. The second kappa shape index (κ2) is 6.63. The Morgan fingerprint density at radius 2 is 2.08 bits per heavy atom. The summed E-state index contributed by atoms with van der Waals surface area (Å²) in [6.07, 6.45) is 0.571. The Morgan fingerprint density at radius 3 is 2.75 bits per heavy atom. The van der Waals surface area contributed by atoms with Gasteiger partial charge in [-0.2, -0.15) is 9.78 Å². The number of carbonyl (C=O) groups excluding carboxylic acids is 2. The molecule has 7 nitrogen and oxygen atoms in total. The molecular formula is C16H14N4O3S. The molecule has 0 unspecified atom stereocenters. The number of carbonyl (C=O) groups is 2. The number of esters is 1. The van der Waals surface area contributed by atoms with Crippen molar-refractivity contribution in [2.75, 3.05) is 12.4 Å². The second-order valence-corrected chi connectivity index (χ2v) is 5.80. The molecule has 24 heavy (non-hydrogen) atoms. The number of hydrogen-bond acceptors (Lipinski definition) is 6. The Hall–Kier alpha value is -3.00. The number of benzene rings is 1. The zero-order valence-corrected chi connectivity index (χ0v) is 13.8. The summed E-state index contributed by atoms with van der Waals surface area (Å²) in [5, 5.41) is 9.13. The van der Waals surface area contributed by atoms with E-state index in [1.54, 1.807) is 11.4 Å². The van der Waals surface area contributed by atoms with Crippen molar-refractivity contribution in [3.63, 3.8) is 0 Å². The minimum atomic E-state index is -0.520. The summed E-state index contributed by atoms with van der Waals surface area (Å²) in [5.74, 6) is -0.0559. The number of ether oxygens (including phenoxy) is 1. The number of hydrogen-bond donors (Lipinski definition) is 1. The van der Waals surface area contributed by atoms with Crippen molar-refractivity contribution in [2.24, 2.45) is 0 Å². The van der Waals surface area contributed by atoms with Gasteiger partial charge >= 0.3 is 5.97 Å². The number of nitrogens with one attached hydrogen (secondary N) is 1. The molecule has 2 heterocycles. The fourth-order valence-corrected chi connectivity index (χ4v) is 2.87. The third kappa shape index (κ3) is 3.04. The van der Waals surface area contributed by atoms with Crippen LogP contribution < -0.4 is 5.32 Å². The van der Waals surface area contributed by atoms with Gasteiger partial charge in [0, 0.05) is 17.0 Å². The van der Waals surface area contributed by atoms with Gasteiger partial charge < -0.3 is 10.1 Å². The molecule has 0 bridgehead atoms. The number of thiazole rings is 1. The average Bonchev–Trinajstić information content (AvgIpc) is 3.22. The van der Waals surface area contributed by atoms with E-state index in [0.717, 1.165) is 11.1 Å². The summed E-state index contributed by atoms with van der Waals surface area (Å²) in [6, 6.07) is 9.63. The number of amides is 1. The first-order valence-corrected chi connectivity index (χ1v) is 7.92. The third-order valence-corrected chi connectivity index (χ3v) is 4.15. The van der Waals surface area contributed by atoms with E-state index >= 15 is 0 Å². The van der Waals surface area contributed by atoms with Crippen LogP contribution in [0.2, 0.25) is 0 Å². The first kappa shape index (κ1) is 15.9. The van der Waals surface area contributed by atoms with Gasteiger partial charge in [-0.15, -0.1) is 11.3 Å². The first-order valence-electron chi connectivity index (χ1n) is 7.04. The van der Waals surface area contributed by atoms with E-state index < -0.39 is 5.97 Å². The second-order valence-electron chi connectivity index (χ2n) is 4.96. The molecular weight excluding hydrogens is 328 g/mol. The molecule has 1 aromatic carbocycles. The van der Waals surface area contributed by atoms with E-state index in [1.165, 1.54) is 23.1 Å². The summed E-state index contributed by atoms with van der Waals surface area (Å²) in [7, 11) is 1.30. The lowest BCUT2D eigenvalue weighted by Crippen LogP contribution is -2.06. The number of rotatable bonds is 5. The zero-order valence-electron chi connectivity index (χ0n) is 13.0. The van der Waals surface area contributed by atoms with E-state index in [2.05, 4.69) is 20.1 Å². The van der Waals surface area contributed by atoms with Gasteiger partial charge in [-0.1, -0.05) is 29.8 Å². The Kier molecular flexibility index (Phi) is 4.39. The van der Waals surface area contributed by atoms with Gasteiger partial charge in [-0.05, 0) is 6.92 Å². The van der Waals surface area contributed by atoms with Gasteiger partial charge in [0.2, 0.25) is 11.5 Å². The molecule has 8 heteroatoms. The van der Waals surface area contributed by atoms with Crippen LogP contribution in [0.4, 0.5) is 5.82 Å².